The fourth-order valence-electron chi connectivity index (χ4n) is 4.24. The zero-order valence-electron chi connectivity index (χ0n) is 16.9. The van der Waals surface area contributed by atoms with Crippen molar-refractivity contribution in [3.05, 3.63) is 72.6 Å². The van der Waals surface area contributed by atoms with Crippen LogP contribution in [0.5, 0.6) is 0 Å². The Morgan fingerprint density at radius 1 is 1.17 bits per heavy atom. The number of benzene rings is 2. The van der Waals surface area contributed by atoms with E-state index in [9.17, 15) is 4.79 Å². The summed E-state index contributed by atoms with van der Waals surface area (Å²) in [5.74, 6) is 0.490. The largest absolute Gasteiger partial charge is 0.324 e. The van der Waals surface area contributed by atoms with Gasteiger partial charge in [-0.15, -0.1) is 0 Å². The van der Waals surface area contributed by atoms with Crippen LogP contribution in [0.15, 0.2) is 67.0 Å². The average molecular weight is 389 g/mol. The van der Waals surface area contributed by atoms with Gasteiger partial charge in [-0.1, -0.05) is 42.5 Å². The van der Waals surface area contributed by atoms with Crippen molar-refractivity contribution in [3.8, 4) is 0 Å². The highest BCUT2D eigenvalue weighted by atomic mass is 16.2. The highest BCUT2D eigenvalue weighted by Crippen LogP contribution is 2.24. The first-order valence-electron chi connectivity index (χ1n) is 10.3. The Labute approximate surface area is 172 Å². The van der Waals surface area contributed by atoms with E-state index in [0.717, 1.165) is 55.5 Å². The molecule has 5 nitrogen and oxygen atoms in total. The van der Waals surface area contributed by atoms with Crippen LogP contribution in [-0.2, 0) is 6.54 Å². The summed E-state index contributed by atoms with van der Waals surface area (Å²) in [6.45, 7) is 3.48. The molecule has 29 heavy (non-hydrogen) atoms. The van der Waals surface area contributed by atoms with Gasteiger partial charge in [0.2, 0.25) is 0 Å². The number of carbonyl (C=O) groups excluding carboxylic acids is 1. The smallest absolute Gasteiger partial charge is 0.321 e. The van der Waals surface area contributed by atoms with E-state index in [1.807, 2.05) is 41.4 Å². The van der Waals surface area contributed by atoms with Gasteiger partial charge in [0.25, 0.3) is 0 Å². The van der Waals surface area contributed by atoms with Crippen molar-refractivity contribution < 1.29 is 4.79 Å². The summed E-state index contributed by atoms with van der Waals surface area (Å²) in [5.41, 5.74) is 2.10. The molecule has 4 rings (SSSR count). The van der Waals surface area contributed by atoms with Gasteiger partial charge in [-0.05, 0) is 48.9 Å². The molecule has 2 aromatic carbocycles. The first kappa shape index (κ1) is 19.4. The predicted molar refractivity (Wildman–Crippen MR) is 118 cm³/mol. The lowest BCUT2D eigenvalue weighted by Crippen LogP contribution is -2.44. The lowest BCUT2D eigenvalue weighted by Gasteiger charge is -2.34. The molecule has 1 aromatic heterocycles. The fraction of sp³-hybridized carbons (Fsp3) is 0.333. The van der Waals surface area contributed by atoms with Crippen LogP contribution in [0.2, 0.25) is 0 Å². The topological polar surface area (TPSA) is 48.5 Å². The molecule has 0 saturated carbocycles. The van der Waals surface area contributed by atoms with Gasteiger partial charge >= 0.3 is 6.03 Å². The second-order valence-electron chi connectivity index (χ2n) is 7.97. The van der Waals surface area contributed by atoms with Gasteiger partial charge < -0.3 is 15.1 Å². The minimum absolute atomic E-state index is 0.000894. The minimum atomic E-state index is 0.000894. The number of nitrogens with one attached hydrogen (secondary N) is 1. The van der Waals surface area contributed by atoms with E-state index in [-0.39, 0.29) is 6.03 Å². The molecule has 3 aromatic rings. The van der Waals surface area contributed by atoms with Gasteiger partial charge in [-0.2, -0.15) is 0 Å². The first-order chi connectivity index (χ1) is 14.2. The molecule has 2 heterocycles. The Hall–Kier alpha value is -2.92. The molecule has 0 aliphatic carbocycles. The minimum Gasteiger partial charge on any atom is -0.324 e. The second kappa shape index (κ2) is 9.05. The van der Waals surface area contributed by atoms with Crippen LogP contribution in [-0.4, -0.2) is 47.5 Å². The number of urea groups is 1. The molecule has 1 fully saturated rings. The molecule has 0 unspecified atom stereocenters. The predicted octanol–water partition coefficient (Wildman–Crippen LogP) is 4.61. The molecule has 1 N–H and O–H groups in total. The number of amides is 2. The van der Waals surface area contributed by atoms with Crippen molar-refractivity contribution in [1.82, 2.24) is 14.8 Å². The SMILES string of the molecule is CN(Cc1cccnc1)C[C@@H]1CCCN(C(=O)Nc2cccc3ccccc23)C1. The standard InChI is InChI=1S/C24H28N4O/c1-27(16-19-7-5-13-25-15-19)17-20-8-6-14-28(18-20)24(29)26-23-12-4-10-21-9-2-3-11-22(21)23/h2-5,7,9-13,15,20H,6,8,14,16-18H2,1H3,(H,26,29)/t20-/m0/s1. The molecule has 0 radical (unpaired) electrons. The van der Waals surface area contributed by atoms with E-state index in [1.54, 1.807) is 6.20 Å². The van der Waals surface area contributed by atoms with Crippen molar-refractivity contribution >= 4 is 22.5 Å². The number of anilines is 1. The zero-order chi connectivity index (χ0) is 20.1. The number of pyridine rings is 1. The number of piperidine rings is 1. The summed E-state index contributed by atoms with van der Waals surface area (Å²) < 4.78 is 0. The molecular formula is C24H28N4O. The summed E-state index contributed by atoms with van der Waals surface area (Å²) in [5, 5.41) is 5.35. The van der Waals surface area contributed by atoms with E-state index in [0.29, 0.717) is 5.92 Å². The van der Waals surface area contributed by atoms with E-state index in [2.05, 4.69) is 46.5 Å². The average Bonchev–Trinajstić information content (AvgIpc) is 2.75. The quantitative estimate of drug-likeness (QED) is 0.694. The normalized spacial score (nSPS) is 16.9. The number of fused-ring (bicyclic) bond motifs is 1. The molecule has 2 amide bonds. The number of nitrogens with zero attached hydrogens (tertiary/aromatic N) is 3. The molecule has 1 aliphatic rings. The first-order valence-corrected chi connectivity index (χ1v) is 10.3. The molecule has 0 bridgehead atoms. The van der Waals surface area contributed by atoms with Crippen LogP contribution in [0.3, 0.4) is 0 Å². The highest BCUT2D eigenvalue weighted by molar-refractivity contribution is 6.01. The van der Waals surface area contributed by atoms with Crippen LogP contribution >= 0.6 is 0 Å². The Bertz CT molecular complexity index is 954. The lowest BCUT2D eigenvalue weighted by atomic mass is 9.97. The summed E-state index contributed by atoms with van der Waals surface area (Å²) in [4.78, 5) is 21.4. The van der Waals surface area contributed by atoms with Crippen molar-refractivity contribution in [2.24, 2.45) is 5.92 Å². The lowest BCUT2D eigenvalue weighted by molar-refractivity contribution is 0.154. The zero-order valence-corrected chi connectivity index (χ0v) is 16.9. The summed E-state index contributed by atoms with van der Waals surface area (Å²) in [6, 6.07) is 18.3. The second-order valence-corrected chi connectivity index (χ2v) is 7.97. The number of rotatable bonds is 5. The maximum Gasteiger partial charge on any atom is 0.321 e. The Morgan fingerprint density at radius 2 is 2.03 bits per heavy atom. The molecule has 0 spiro atoms. The third-order valence-corrected chi connectivity index (χ3v) is 5.58. The Balaban J connectivity index is 1.35. The van der Waals surface area contributed by atoms with E-state index in [1.165, 1.54) is 5.56 Å². The molecular weight excluding hydrogens is 360 g/mol. The molecule has 150 valence electrons. The summed E-state index contributed by atoms with van der Waals surface area (Å²) in [7, 11) is 2.14. The van der Waals surface area contributed by atoms with Crippen LogP contribution in [0.25, 0.3) is 10.8 Å². The Kier molecular flexibility index (Phi) is 6.06. The molecule has 1 aliphatic heterocycles. The third-order valence-electron chi connectivity index (χ3n) is 5.58. The van der Waals surface area contributed by atoms with Crippen molar-refractivity contribution in [2.75, 3.05) is 32.0 Å². The van der Waals surface area contributed by atoms with Gasteiger partial charge in [-0.3, -0.25) is 4.98 Å². The molecule has 1 atom stereocenters. The number of carbonyl (C=O) groups is 1. The molecule has 1 saturated heterocycles. The summed E-state index contributed by atoms with van der Waals surface area (Å²) >= 11 is 0. The number of hydrogen-bond donors (Lipinski definition) is 1. The van der Waals surface area contributed by atoms with E-state index < -0.39 is 0 Å². The van der Waals surface area contributed by atoms with Crippen molar-refractivity contribution in [3.63, 3.8) is 0 Å². The number of aromatic nitrogens is 1. The van der Waals surface area contributed by atoms with Crippen LogP contribution in [0.4, 0.5) is 10.5 Å². The Morgan fingerprint density at radius 3 is 2.90 bits per heavy atom. The van der Waals surface area contributed by atoms with Crippen molar-refractivity contribution in [2.45, 2.75) is 19.4 Å². The van der Waals surface area contributed by atoms with Crippen LogP contribution in [0, 0.1) is 5.92 Å². The third kappa shape index (κ3) is 4.93. The monoisotopic (exact) mass is 388 g/mol. The van der Waals surface area contributed by atoms with Crippen LogP contribution in [0.1, 0.15) is 18.4 Å². The van der Waals surface area contributed by atoms with Gasteiger partial charge in [0.1, 0.15) is 0 Å². The van der Waals surface area contributed by atoms with Gasteiger partial charge in [0.15, 0.2) is 0 Å². The fourth-order valence-corrected chi connectivity index (χ4v) is 4.24. The number of likely N-dealkylation sites (tertiary alicyclic amines) is 1. The van der Waals surface area contributed by atoms with Crippen molar-refractivity contribution in [1.29, 1.82) is 0 Å². The van der Waals surface area contributed by atoms with Gasteiger partial charge in [0.05, 0.1) is 5.69 Å². The van der Waals surface area contributed by atoms with E-state index >= 15 is 0 Å². The molecule has 5 heteroatoms. The van der Waals surface area contributed by atoms with Gasteiger partial charge in [-0.25, -0.2) is 4.79 Å². The highest BCUT2D eigenvalue weighted by Gasteiger charge is 2.25. The summed E-state index contributed by atoms with van der Waals surface area (Å²) in [6.07, 6.45) is 5.93. The van der Waals surface area contributed by atoms with Crippen LogP contribution < -0.4 is 5.32 Å². The van der Waals surface area contributed by atoms with E-state index in [4.69, 9.17) is 0 Å². The maximum absolute atomic E-state index is 12.9. The number of hydrogen-bond acceptors (Lipinski definition) is 3. The van der Waals surface area contributed by atoms with Gasteiger partial charge in [0, 0.05) is 44.0 Å². The maximum atomic E-state index is 12.9.